The van der Waals surface area contributed by atoms with E-state index >= 15 is 0 Å². The van der Waals surface area contributed by atoms with E-state index in [9.17, 15) is 9.59 Å². The molecule has 2 heterocycles. The van der Waals surface area contributed by atoms with Gasteiger partial charge >= 0.3 is 5.97 Å². The highest BCUT2D eigenvalue weighted by molar-refractivity contribution is 5.91. The molecule has 0 fully saturated rings. The Morgan fingerprint density at radius 3 is 2.84 bits per heavy atom. The van der Waals surface area contributed by atoms with Gasteiger partial charge in [-0.05, 0) is 0 Å². The summed E-state index contributed by atoms with van der Waals surface area (Å²) in [5, 5.41) is 25.7. The van der Waals surface area contributed by atoms with E-state index in [2.05, 4.69) is 25.8 Å². The zero-order chi connectivity index (χ0) is 13.8. The molecule has 0 aliphatic carbocycles. The fourth-order valence-corrected chi connectivity index (χ4v) is 1.34. The van der Waals surface area contributed by atoms with E-state index in [1.165, 1.54) is 12.5 Å². The van der Waals surface area contributed by atoms with Gasteiger partial charge in [0.2, 0.25) is 0 Å². The minimum Gasteiger partial charge on any atom is -0.480 e. The summed E-state index contributed by atoms with van der Waals surface area (Å²) in [6, 6.07) is 0. The zero-order valence-electron chi connectivity index (χ0n) is 10.0. The highest BCUT2D eigenvalue weighted by Gasteiger charge is 2.12. The highest BCUT2D eigenvalue weighted by atomic mass is 16.4. The second-order valence-corrected chi connectivity index (χ2v) is 3.74. The van der Waals surface area contributed by atoms with Gasteiger partial charge in [0.1, 0.15) is 12.9 Å². The van der Waals surface area contributed by atoms with Crippen LogP contribution in [0, 0.1) is 0 Å². The van der Waals surface area contributed by atoms with Crippen molar-refractivity contribution in [3.8, 4) is 0 Å². The molecule has 2 N–H and O–H groups in total. The third kappa shape index (κ3) is 3.12. The van der Waals surface area contributed by atoms with E-state index in [4.69, 9.17) is 5.11 Å². The zero-order valence-corrected chi connectivity index (χ0v) is 10.0. The molecule has 1 amide bonds. The van der Waals surface area contributed by atoms with Crippen LogP contribution in [0.2, 0.25) is 0 Å². The lowest BCUT2D eigenvalue weighted by Crippen LogP contribution is -2.24. The first-order valence-electron chi connectivity index (χ1n) is 5.29. The molecule has 0 aromatic carbocycles. The number of hydrogen-bond acceptors (Lipinski definition) is 6. The Labute approximate surface area is 107 Å². The molecule has 0 aliphatic rings. The molecule has 10 heteroatoms. The van der Waals surface area contributed by atoms with Crippen molar-refractivity contribution in [1.29, 1.82) is 0 Å². The van der Waals surface area contributed by atoms with Crippen molar-refractivity contribution in [2.75, 3.05) is 0 Å². The molecule has 19 heavy (non-hydrogen) atoms. The molecule has 10 nitrogen and oxygen atoms in total. The van der Waals surface area contributed by atoms with Crippen molar-refractivity contribution in [3.63, 3.8) is 0 Å². The minimum absolute atomic E-state index is 0.0448. The Morgan fingerprint density at radius 2 is 2.21 bits per heavy atom. The van der Waals surface area contributed by atoms with Crippen LogP contribution in [0.3, 0.4) is 0 Å². The van der Waals surface area contributed by atoms with E-state index in [1.54, 1.807) is 11.6 Å². The number of rotatable bonds is 5. The number of nitrogens with zero attached hydrogens (tertiary/aromatic N) is 6. The first-order valence-corrected chi connectivity index (χ1v) is 5.29. The van der Waals surface area contributed by atoms with E-state index in [0.717, 1.165) is 4.68 Å². The molecule has 0 spiro atoms. The molecule has 0 unspecified atom stereocenters. The quantitative estimate of drug-likeness (QED) is 0.667. The molecule has 0 saturated heterocycles. The Balaban J connectivity index is 1.94. The molecule has 0 radical (unpaired) electrons. The van der Waals surface area contributed by atoms with Crippen molar-refractivity contribution < 1.29 is 14.7 Å². The number of carboxylic acids is 1. The van der Waals surface area contributed by atoms with Crippen molar-refractivity contribution >= 4 is 11.9 Å². The summed E-state index contributed by atoms with van der Waals surface area (Å²) in [6.07, 6.45) is 2.78. The second kappa shape index (κ2) is 5.25. The van der Waals surface area contributed by atoms with Crippen LogP contribution in [0.5, 0.6) is 0 Å². The standard InChI is InChI=1S/C9H11N7O3/c1-15-5-11-13-7(15)2-10-9(19)6-3-16(14-12-6)4-8(17)18/h3,5H,2,4H2,1H3,(H,10,19)(H,17,18). The molecule has 0 bridgehead atoms. The smallest absolute Gasteiger partial charge is 0.325 e. The van der Waals surface area contributed by atoms with Crippen molar-refractivity contribution in [2.24, 2.45) is 7.05 Å². The number of carboxylic acid groups (broad SMARTS) is 1. The van der Waals surface area contributed by atoms with E-state index in [0.29, 0.717) is 5.82 Å². The van der Waals surface area contributed by atoms with Crippen LogP contribution in [0.15, 0.2) is 12.5 Å². The highest BCUT2D eigenvalue weighted by Crippen LogP contribution is 1.95. The van der Waals surface area contributed by atoms with E-state index in [-0.39, 0.29) is 18.8 Å². The number of amides is 1. The molecule has 0 aliphatic heterocycles. The fourth-order valence-electron chi connectivity index (χ4n) is 1.34. The predicted molar refractivity (Wildman–Crippen MR) is 59.8 cm³/mol. The average Bonchev–Trinajstić information content (AvgIpc) is 2.95. The Kier molecular flexibility index (Phi) is 3.50. The largest absolute Gasteiger partial charge is 0.480 e. The number of aliphatic carboxylic acids is 1. The first kappa shape index (κ1) is 12.7. The van der Waals surface area contributed by atoms with Crippen LogP contribution in [0.4, 0.5) is 0 Å². The fraction of sp³-hybridized carbons (Fsp3) is 0.333. The van der Waals surface area contributed by atoms with Crippen molar-refractivity contribution in [2.45, 2.75) is 13.1 Å². The van der Waals surface area contributed by atoms with Crippen LogP contribution in [0.1, 0.15) is 16.3 Å². The number of nitrogens with one attached hydrogen (secondary N) is 1. The van der Waals surface area contributed by atoms with Gasteiger partial charge in [-0.3, -0.25) is 9.59 Å². The average molecular weight is 265 g/mol. The van der Waals surface area contributed by atoms with Crippen molar-refractivity contribution in [3.05, 3.63) is 24.0 Å². The second-order valence-electron chi connectivity index (χ2n) is 3.74. The maximum absolute atomic E-state index is 11.7. The molecule has 2 aromatic rings. The third-order valence-corrected chi connectivity index (χ3v) is 2.28. The van der Waals surface area contributed by atoms with Crippen LogP contribution >= 0.6 is 0 Å². The van der Waals surface area contributed by atoms with Gasteiger partial charge in [-0.15, -0.1) is 15.3 Å². The summed E-state index contributed by atoms with van der Waals surface area (Å²) >= 11 is 0. The van der Waals surface area contributed by atoms with Gasteiger partial charge in [0.05, 0.1) is 12.7 Å². The molecular formula is C9H11N7O3. The van der Waals surface area contributed by atoms with Crippen LogP contribution in [-0.2, 0) is 24.9 Å². The van der Waals surface area contributed by atoms with Gasteiger partial charge in [0, 0.05) is 7.05 Å². The van der Waals surface area contributed by atoms with Crippen LogP contribution in [0.25, 0.3) is 0 Å². The molecule has 2 rings (SSSR count). The summed E-state index contributed by atoms with van der Waals surface area (Å²) in [5.74, 6) is -0.929. The number of aryl methyl sites for hydroxylation is 1. The predicted octanol–water partition coefficient (Wildman–Crippen LogP) is -1.58. The lowest BCUT2D eigenvalue weighted by atomic mass is 10.4. The summed E-state index contributed by atoms with van der Waals surface area (Å²) in [5.41, 5.74) is 0.0448. The van der Waals surface area contributed by atoms with Gasteiger partial charge in [-0.1, -0.05) is 5.21 Å². The first-order chi connectivity index (χ1) is 9.06. The van der Waals surface area contributed by atoms with Crippen molar-refractivity contribution in [1.82, 2.24) is 35.1 Å². The molecule has 0 atom stereocenters. The number of hydrogen-bond donors (Lipinski definition) is 2. The monoisotopic (exact) mass is 265 g/mol. The third-order valence-electron chi connectivity index (χ3n) is 2.28. The minimum atomic E-state index is -1.06. The Hall–Kier alpha value is -2.78. The van der Waals surface area contributed by atoms with Gasteiger partial charge in [0.15, 0.2) is 11.5 Å². The topological polar surface area (TPSA) is 128 Å². The van der Waals surface area contributed by atoms with Gasteiger partial charge in [-0.25, -0.2) is 4.68 Å². The number of carbonyl (C=O) groups is 2. The van der Waals surface area contributed by atoms with Gasteiger partial charge in [0.25, 0.3) is 5.91 Å². The Morgan fingerprint density at radius 1 is 1.42 bits per heavy atom. The van der Waals surface area contributed by atoms with Gasteiger partial charge < -0.3 is 15.0 Å². The summed E-state index contributed by atoms with van der Waals surface area (Å²) in [7, 11) is 1.75. The molecular weight excluding hydrogens is 254 g/mol. The van der Waals surface area contributed by atoms with Crippen LogP contribution < -0.4 is 5.32 Å². The lowest BCUT2D eigenvalue weighted by Gasteiger charge is -2.01. The van der Waals surface area contributed by atoms with Gasteiger partial charge in [-0.2, -0.15) is 0 Å². The molecule has 2 aromatic heterocycles. The number of aromatic nitrogens is 6. The summed E-state index contributed by atoms with van der Waals surface area (Å²) in [4.78, 5) is 22.2. The van der Waals surface area contributed by atoms with Crippen LogP contribution in [-0.4, -0.2) is 46.7 Å². The Bertz CT molecular complexity index is 602. The lowest BCUT2D eigenvalue weighted by molar-refractivity contribution is -0.137. The van der Waals surface area contributed by atoms with E-state index < -0.39 is 11.9 Å². The van der Waals surface area contributed by atoms with E-state index in [1.807, 2.05) is 0 Å². The normalized spacial score (nSPS) is 10.4. The SMILES string of the molecule is Cn1cnnc1CNC(=O)c1cn(CC(=O)O)nn1. The molecule has 0 saturated carbocycles. The maximum Gasteiger partial charge on any atom is 0.325 e. The number of carbonyl (C=O) groups excluding carboxylic acids is 1. The maximum atomic E-state index is 11.7. The summed E-state index contributed by atoms with van der Waals surface area (Å²) < 4.78 is 2.74. The molecule has 100 valence electrons. The summed E-state index contributed by atoms with van der Waals surface area (Å²) in [6.45, 7) is -0.148.